The van der Waals surface area contributed by atoms with Crippen LogP contribution in [0.4, 0.5) is 0 Å². The second-order valence-electron chi connectivity index (χ2n) is 7.11. The molecule has 0 bridgehead atoms. The summed E-state index contributed by atoms with van der Waals surface area (Å²) in [6.45, 7) is 6.86. The van der Waals surface area contributed by atoms with Crippen LogP contribution in [0.2, 0.25) is 0 Å². The van der Waals surface area contributed by atoms with Gasteiger partial charge < -0.3 is 4.90 Å². The van der Waals surface area contributed by atoms with E-state index in [-0.39, 0.29) is 5.91 Å². The van der Waals surface area contributed by atoms with E-state index in [0.29, 0.717) is 11.6 Å². The maximum Gasteiger partial charge on any atom is 0.272 e. The van der Waals surface area contributed by atoms with Crippen molar-refractivity contribution in [3.8, 4) is 5.69 Å². The summed E-state index contributed by atoms with van der Waals surface area (Å²) in [4.78, 5) is 17.6. The second-order valence-corrected chi connectivity index (χ2v) is 7.11. The zero-order valence-corrected chi connectivity index (χ0v) is 14.9. The number of carbonyl (C=O) groups excluding carboxylic acids is 1. The number of hydrogen-bond acceptors (Lipinski definition) is 3. The summed E-state index contributed by atoms with van der Waals surface area (Å²) in [5, 5.41) is 4.76. The Morgan fingerprint density at radius 2 is 1.84 bits per heavy atom. The maximum atomic E-state index is 13.2. The first-order chi connectivity index (χ1) is 12.3. The van der Waals surface area contributed by atoms with Crippen molar-refractivity contribution in [1.82, 2.24) is 19.6 Å². The van der Waals surface area contributed by atoms with Crippen molar-refractivity contribution < 1.29 is 4.79 Å². The van der Waals surface area contributed by atoms with Crippen molar-refractivity contribution in [2.24, 2.45) is 0 Å². The van der Waals surface area contributed by atoms with Crippen LogP contribution in [0.15, 0.2) is 36.4 Å². The number of hydrogen-bond donors (Lipinski definition) is 0. The number of benzene rings is 1. The van der Waals surface area contributed by atoms with E-state index in [9.17, 15) is 4.79 Å². The Kier molecular flexibility index (Phi) is 4.57. The Morgan fingerprint density at radius 1 is 1.12 bits per heavy atom. The highest BCUT2D eigenvalue weighted by Crippen LogP contribution is 2.39. The van der Waals surface area contributed by atoms with E-state index in [1.807, 2.05) is 46.0 Å². The molecule has 1 saturated heterocycles. The summed E-state index contributed by atoms with van der Waals surface area (Å²) in [5.74, 6) is 0.650. The fourth-order valence-electron chi connectivity index (χ4n) is 3.55. The molecule has 1 saturated carbocycles. The highest BCUT2D eigenvalue weighted by molar-refractivity contribution is 5.93. The molecule has 0 N–H and O–H groups in total. The number of carbonyl (C=O) groups is 1. The molecule has 2 heterocycles. The van der Waals surface area contributed by atoms with Gasteiger partial charge in [-0.1, -0.05) is 25.1 Å². The fourth-order valence-corrected chi connectivity index (χ4v) is 3.55. The van der Waals surface area contributed by atoms with Crippen LogP contribution < -0.4 is 0 Å². The summed E-state index contributed by atoms with van der Waals surface area (Å²) in [7, 11) is 0. The Labute approximate surface area is 149 Å². The van der Waals surface area contributed by atoms with E-state index in [1.54, 1.807) is 0 Å². The molecule has 0 spiro atoms. The highest BCUT2D eigenvalue weighted by atomic mass is 16.2. The Morgan fingerprint density at radius 3 is 2.48 bits per heavy atom. The molecule has 0 atom stereocenters. The molecule has 1 aromatic heterocycles. The van der Waals surface area contributed by atoms with E-state index < -0.39 is 0 Å². The highest BCUT2D eigenvalue weighted by Gasteiger charge is 2.31. The van der Waals surface area contributed by atoms with Crippen LogP contribution in [0.1, 0.15) is 48.3 Å². The smallest absolute Gasteiger partial charge is 0.272 e. The first-order valence-corrected chi connectivity index (χ1v) is 9.43. The van der Waals surface area contributed by atoms with E-state index >= 15 is 0 Å². The van der Waals surface area contributed by atoms with Gasteiger partial charge in [0.25, 0.3) is 5.91 Å². The van der Waals surface area contributed by atoms with Gasteiger partial charge in [0.05, 0.1) is 11.4 Å². The Hall–Kier alpha value is -2.14. The summed E-state index contributed by atoms with van der Waals surface area (Å²) in [5.41, 5.74) is 2.73. The molecular formula is C20H26N4O. The lowest BCUT2D eigenvalue weighted by molar-refractivity contribution is 0.0628. The average Bonchev–Trinajstić information content (AvgIpc) is 3.41. The molecule has 1 aliphatic heterocycles. The largest absolute Gasteiger partial charge is 0.335 e. The third-order valence-electron chi connectivity index (χ3n) is 5.14. The third-order valence-corrected chi connectivity index (χ3v) is 5.14. The topological polar surface area (TPSA) is 41.4 Å². The Bertz CT molecular complexity index is 727. The van der Waals surface area contributed by atoms with E-state index in [0.717, 1.165) is 44.1 Å². The standard InChI is InChI=1S/C20H26N4O/c1-2-10-22-11-13-23(14-12-22)20(25)19-15-18(16-8-9-16)21-24(19)17-6-4-3-5-7-17/h3-7,15-16H,2,8-14H2,1H3. The van der Waals surface area contributed by atoms with E-state index in [1.165, 1.54) is 19.3 Å². The molecular weight excluding hydrogens is 312 g/mol. The van der Waals surface area contributed by atoms with Gasteiger partial charge in [-0.25, -0.2) is 4.68 Å². The number of rotatable bonds is 5. The molecule has 1 aromatic carbocycles. The maximum absolute atomic E-state index is 13.2. The van der Waals surface area contributed by atoms with Gasteiger partial charge in [-0.3, -0.25) is 9.69 Å². The van der Waals surface area contributed by atoms with Gasteiger partial charge in [0, 0.05) is 32.1 Å². The number of nitrogens with zero attached hydrogens (tertiary/aromatic N) is 4. The number of aromatic nitrogens is 2. The second kappa shape index (κ2) is 7.00. The summed E-state index contributed by atoms with van der Waals surface area (Å²) in [6, 6.07) is 12.0. The van der Waals surface area contributed by atoms with Crippen LogP contribution in [0, 0.1) is 0 Å². The first kappa shape index (κ1) is 16.3. The van der Waals surface area contributed by atoms with Gasteiger partial charge in [-0.2, -0.15) is 5.10 Å². The minimum absolute atomic E-state index is 0.111. The van der Waals surface area contributed by atoms with Crippen molar-refractivity contribution in [2.75, 3.05) is 32.7 Å². The quantitative estimate of drug-likeness (QED) is 0.842. The number of amides is 1. The average molecular weight is 338 g/mol. The minimum Gasteiger partial charge on any atom is -0.335 e. The van der Waals surface area contributed by atoms with E-state index in [4.69, 9.17) is 5.10 Å². The summed E-state index contributed by atoms with van der Waals surface area (Å²) in [6.07, 6.45) is 3.55. The third kappa shape index (κ3) is 3.47. The molecule has 0 unspecified atom stereocenters. The first-order valence-electron chi connectivity index (χ1n) is 9.43. The number of piperazine rings is 1. The normalized spacial score (nSPS) is 18.5. The molecule has 5 heteroatoms. The molecule has 2 fully saturated rings. The van der Waals surface area contributed by atoms with Crippen molar-refractivity contribution in [2.45, 2.75) is 32.1 Å². The monoisotopic (exact) mass is 338 g/mol. The van der Waals surface area contributed by atoms with Crippen LogP contribution in [-0.2, 0) is 0 Å². The van der Waals surface area contributed by atoms with Gasteiger partial charge in [-0.15, -0.1) is 0 Å². The number of para-hydroxylation sites is 1. The van der Waals surface area contributed by atoms with Crippen molar-refractivity contribution in [1.29, 1.82) is 0 Å². The molecule has 0 radical (unpaired) electrons. The van der Waals surface area contributed by atoms with Gasteiger partial charge in [0.1, 0.15) is 5.69 Å². The van der Waals surface area contributed by atoms with Gasteiger partial charge >= 0.3 is 0 Å². The minimum atomic E-state index is 0.111. The van der Waals surface area contributed by atoms with E-state index in [2.05, 4.69) is 11.8 Å². The molecule has 1 amide bonds. The van der Waals surface area contributed by atoms with Crippen LogP contribution in [0.25, 0.3) is 5.69 Å². The van der Waals surface area contributed by atoms with Crippen LogP contribution in [0.5, 0.6) is 0 Å². The van der Waals surface area contributed by atoms with Gasteiger partial charge in [-0.05, 0) is 44.0 Å². The molecule has 1 aliphatic carbocycles. The predicted molar refractivity (Wildman–Crippen MR) is 98.2 cm³/mol. The Balaban J connectivity index is 1.58. The lowest BCUT2D eigenvalue weighted by atomic mass is 10.2. The zero-order valence-electron chi connectivity index (χ0n) is 14.9. The lowest BCUT2D eigenvalue weighted by Crippen LogP contribution is -2.49. The fraction of sp³-hybridized carbons (Fsp3) is 0.500. The van der Waals surface area contributed by atoms with Crippen molar-refractivity contribution in [3.63, 3.8) is 0 Å². The molecule has 25 heavy (non-hydrogen) atoms. The molecule has 2 aromatic rings. The van der Waals surface area contributed by atoms with Gasteiger partial charge in [0.2, 0.25) is 0 Å². The molecule has 4 rings (SSSR count). The predicted octanol–water partition coefficient (Wildman–Crippen LogP) is 2.92. The molecule has 2 aliphatic rings. The summed E-state index contributed by atoms with van der Waals surface area (Å²) >= 11 is 0. The van der Waals surface area contributed by atoms with Crippen molar-refractivity contribution in [3.05, 3.63) is 47.8 Å². The van der Waals surface area contributed by atoms with Crippen molar-refractivity contribution >= 4 is 5.91 Å². The van der Waals surface area contributed by atoms with Gasteiger partial charge in [0.15, 0.2) is 0 Å². The lowest BCUT2D eigenvalue weighted by Gasteiger charge is -2.34. The van der Waals surface area contributed by atoms with Crippen LogP contribution in [0.3, 0.4) is 0 Å². The van der Waals surface area contributed by atoms with Crippen LogP contribution >= 0.6 is 0 Å². The summed E-state index contributed by atoms with van der Waals surface area (Å²) < 4.78 is 1.84. The molecule has 5 nitrogen and oxygen atoms in total. The SMILES string of the molecule is CCCN1CCN(C(=O)c2cc(C3CC3)nn2-c2ccccc2)CC1. The molecule has 132 valence electrons. The zero-order chi connectivity index (χ0) is 17.2. The van der Waals surface area contributed by atoms with Crippen LogP contribution in [-0.4, -0.2) is 58.2 Å².